The van der Waals surface area contributed by atoms with E-state index in [4.69, 9.17) is 5.73 Å². The quantitative estimate of drug-likeness (QED) is 0.637. The van der Waals surface area contributed by atoms with E-state index in [0.717, 1.165) is 19.3 Å². The third kappa shape index (κ3) is 6.66. The molecule has 0 unspecified atom stereocenters. The van der Waals surface area contributed by atoms with Gasteiger partial charge in [-0.15, -0.1) is 0 Å². The van der Waals surface area contributed by atoms with E-state index in [1.165, 1.54) is 5.57 Å². The van der Waals surface area contributed by atoms with E-state index in [-0.39, 0.29) is 11.9 Å². The smallest absolute Gasteiger partial charge is 0.237 e. The van der Waals surface area contributed by atoms with Gasteiger partial charge >= 0.3 is 0 Å². The van der Waals surface area contributed by atoms with Crippen LogP contribution in [0, 0.1) is 0 Å². The van der Waals surface area contributed by atoms with Crippen LogP contribution in [-0.2, 0) is 4.79 Å². The third-order valence-electron chi connectivity index (χ3n) is 1.99. The summed E-state index contributed by atoms with van der Waals surface area (Å²) in [6.45, 7) is 6.68. The molecule has 0 aromatic heterocycles. The molecular formula is C11H22N2O. The number of nitrogens with two attached hydrogens (primary N) is 1. The van der Waals surface area contributed by atoms with Gasteiger partial charge in [0.05, 0.1) is 6.04 Å². The molecule has 0 aromatic carbocycles. The van der Waals surface area contributed by atoms with Crippen LogP contribution in [0.25, 0.3) is 0 Å². The van der Waals surface area contributed by atoms with Gasteiger partial charge in [0.1, 0.15) is 0 Å². The molecule has 0 spiro atoms. The highest BCUT2D eigenvalue weighted by Gasteiger charge is 2.10. The highest BCUT2D eigenvalue weighted by Crippen LogP contribution is 1.97. The Labute approximate surface area is 86.8 Å². The van der Waals surface area contributed by atoms with Gasteiger partial charge in [-0.1, -0.05) is 31.4 Å². The SMILES string of the molecule is CCCC[C@H](N)C(=O)NCC=C(C)C. The number of allylic oxidation sites excluding steroid dienone is 1. The molecule has 0 radical (unpaired) electrons. The fraction of sp³-hybridized carbons (Fsp3) is 0.727. The van der Waals surface area contributed by atoms with Gasteiger partial charge in [0.25, 0.3) is 0 Å². The van der Waals surface area contributed by atoms with Crippen LogP contribution in [0.2, 0.25) is 0 Å². The number of hydrogen-bond donors (Lipinski definition) is 2. The minimum atomic E-state index is -0.347. The van der Waals surface area contributed by atoms with Gasteiger partial charge < -0.3 is 11.1 Å². The first-order valence-electron chi connectivity index (χ1n) is 5.24. The fourth-order valence-electron chi connectivity index (χ4n) is 1.04. The normalized spacial score (nSPS) is 12.0. The van der Waals surface area contributed by atoms with Crippen molar-refractivity contribution in [3.8, 4) is 0 Å². The molecule has 3 nitrogen and oxygen atoms in total. The lowest BCUT2D eigenvalue weighted by Crippen LogP contribution is -2.40. The molecule has 0 rings (SSSR count). The van der Waals surface area contributed by atoms with Crippen LogP contribution in [0.4, 0.5) is 0 Å². The number of hydrogen-bond acceptors (Lipinski definition) is 2. The van der Waals surface area contributed by atoms with Crippen molar-refractivity contribution < 1.29 is 4.79 Å². The van der Waals surface area contributed by atoms with Crippen molar-refractivity contribution in [1.82, 2.24) is 5.32 Å². The number of carbonyl (C=O) groups is 1. The second kappa shape index (κ2) is 7.56. The van der Waals surface area contributed by atoms with Crippen molar-refractivity contribution in [3.05, 3.63) is 11.6 Å². The Kier molecular flexibility index (Phi) is 7.11. The van der Waals surface area contributed by atoms with Crippen molar-refractivity contribution in [1.29, 1.82) is 0 Å². The summed E-state index contributed by atoms with van der Waals surface area (Å²) in [4.78, 5) is 11.4. The molecule has 1 amide bonds. The van der Waals surface area contributed by atoms with Gasteiger partial charge in [0.2, 0.25) is 5.91 Å². The minimum Gasteiger partial charge on any atom is -0.351 e. The predicted octanol–water partition coefficient (Wildman–Crippen LogP) is 1.59. The fourth-order valence-corrected chi connectivity index (χ4v) is 1.04. The zero-order chi connectivity index (χ0) is 11.0. The molecule has 82 valence electrons. The van der Waals surface area contributed by atoms with E-state index in [9.17, 15) is 4.79 Å². The predicted molar refractivity (Wildman–Crippen MR) is 59.9 cm³/mol. The molecule has 0 aliphatic rings. The van der Waals surface area contributed by atoms with Crippen LogP contribution >= 0.6 is 0 Å². The third-order valence-corrected chi connectivity index (χ3v) is 1.99. The molecule has 0 bridgehead atoms. The molecule has 0 aliphatic carbocycles. The van der Waals surface area contributed by atoms with Crippen LogP contribution in [0.15, 0.2) is 11.6 Å². The number of unbranched alkanes of at least 4 members (excludes halogenated alkanes) is 1. The Bertz CT molecular complexity index is 195. The average Bonchev–Trinajstić information content (AvgIpc) is 2.13. The van der Waals surface area contributed by atoms with Gasteiger partial charge in [-0.2, -0.15) is 0 Å². The van der Waals surface area contributed by atoms with Crippen LogP contribution < -0.4 is 11.1 Å². The zero-order valence-electron chi connectivity index (χ0n) is 9.47. The van der Waals surface area contributed by atoms with Crippen LogP contribution in [0.3, 0.4) is 0 Å². The van der Waals surface area contributed by atoms with E-state index >= 15 is 0 Å². The Morgan fingerprint density at radius 2 is 2.14 bits per heavy atom. The summed E-state index contributed by atoms with van der Waals surface area (Å²) in [6, 6.07) is -0.347. The number of nitrogens with one attached hydrogen (secondary N) is 1. The van der Waals surface area contributed by atoms with Crippen molar-refractivity contribution in [3.63, 3.8) is 0 Å². The summed E-state index contributed by atoms with van der Waals surface area (Å²) < 4.78 is 0. The number of carbonyl (C=O) groups excluding carboxylic acids is 1. The molecule has 0 saturated heterocycles. The van der Waals surface area contributed by atoms with E-state index in [2.05, 4.69) is 12.2 Å². The molecule has 0 heterocycles. The highest BCUT2D eigenvalue weighted by molar-refractivity contribution is 5.81. The van der Waals surface area contributed by atoms with Gasteiger partial charge in [0, 0.05) is 6.54 Å². The second-order valence-electron chi connectivity index (χ2n) is 3.78. The lowest BCUT2D eigenvalue weighted by Gasteiger charge is -2.10. The van der Waals surface area contributed by atoms with Crippen molar-refractivity contribution >= 4 is 5.91 Å². The first kappa shape index (κ1) is 13.2. The molecule has 3 N–H and O–H groups in total. The summed E-state index contributed by atoms with van der Waals surface area (Å²) >= 11 is 0. The second-order valence-corrected chi connectivity index (χ2v) is 3.78. The lowest BCUT2D eigenvalue weighted by molar-refractivity contribution is -0.122. The molecule has 0 saturated carbocycles. The Morgan fingerprint density at radius 1 is 1.50 bits per heavy atom. The van der Waals surface area contributed by atoms with Crippen LogP contribution in [0.5, 0.6) is 0 Å². The van der Waals surface area contributed by atoms with Crippen LogP contribution in [0.1, 0.15) is 40.0 Å². The van der Waals surface area contributed by atoms with Crippen molar-refractivity contribution in [2.45, 2.75) is 46.1 Å². The molecule has 0 aliphatic heterocycles. The summed E-state index contributed by atoms with van der Waals surface area (Å²) in [6.07, 6.45) is 4.84. The van der Waals surface area contributed by atoms with Gasteiger partial charge in [-0.3, -0.25) is 4.79 Å². The molecule has 0 fully saturated rings. The van der Waals surface area contributed by atoms with Crippen molar-refractivity contribution in [2.75, 3.05) is 6.54 Å². The Morgan fingerprint density at radius 3 is 2.64 bits per heavy atom. The highest BCUT2D eigenvalue weighted by atomic mass is 16.2. The van der Waals surface area contributed by atoms with E-state index < -0.39 is 0 Å². The summed E-state index contributed by atoms with van der Waals surface area (Å²) in [7, 11) is 0. The number of amides is 1. The van der Waals surface area contributed by atoms with Crippen LogP contribution in [-0.4, -0.2) is 18.5 Å². The minimum absolute atomic E-state index is 0.0454. The molecule has 0 aromatic rings. The summed E-state index contributed by atoms with van der Waals surface area (Å²) in [5.74, 6) is -0.0454. The van der Waals surface area contributed by atoms with E-state index in [0.29, 0.717) is 6.54 Å². The first-order chi connectivity index (χ1) is 6.57. The van der Waals surface area contributed by atoms with E-state index in [1.807, 2.05) is 19.9 Å². The molecule has 1 atom stereocenters. The Hall–Kier alpha value is -0.830. The van der Waals surface area contributed by atoms with Crippen molar-refractivity contribution in [2.24, 2.45) is 5.73 Å². The summed E-state index contributed by atoms with van der Waals surface area (Å²) in [5.41, 5.74) is 6.89. The first-order valence-corrected chi connectivity index (χ1v) is 5.24. The Balaban J connectivity index is 3.67. The van der Waals surface area contributed by atoms with Gasteiger partial charge in [-0.05, 0) is 20.3 Å². The zero-order valence-corrected chi connectivity index (χ0v) is 9.47. The molecule has 14 heavy (non-hydrogen) atoms. The number of rotatable bonds is 6. The van der Waals surface area contributed by atoms with E-state index in [1.54, 1.807) is 0 Å². The molecule has 3 heteroatoms. The maximum absolute atomic E-state index is 11.4. The lowest BCUT2D eigenvalue weighted by atomic mass is 10.1. The monoisotopic (exact) mass is 198 g/mol. The largest absolute Gasteiger partial charge is 0.351 e. The standard InChI is InChI=1S/C11H22N2O/c1-4-5-6-10(12)11(14)13-8-7-9(2)3/h7,10H,4-6,8,12H2,1-3H3,(H,13,14)/t10-/m0/s1. The average molecular weight is 198 g/mol. The topological polar surface area (TPSA) is 55.1 Å². The summed E-state index contributed by atoms with van der Waals surface area (Å²) in [5, 5.41) is 2.78. The maximum Gasteiger partial charge on any atom is 0.237 e. The van der Waals surface area contributed by atoms with Gasteiger partial charge in [0.15, 0.2) is 0 Å². The maximum atomic E-state index is 11.4. The van der Waals surface area contributed by atoms with Gasteiger partial charge in [-0.25, -0.2) is 0 Å². The molecular weight excluding hydrogens is 176 g/mol.